The van der Waals surface area contributed by atoms with Crippen LogP contribution in [-0.2, 0) is 6.54 Å². The number of rotatable bonds is 3. The third-order valence-corrected chi connectivity index (χ3v) is 1.56. The van der Waals surface area contributed by atoms with Gasteiger partial charge in [-0.05, 0) is 5.57 Å². The molecule has 0 aliphatic heterocycles. The maximum absolute atomic E-state index is 10.7. The number of pyridine rings is 1. The summed E-state index contributed by atoms with van der Waals surface area (Å²) in [5.74, 6) is 0. The van der Waals surface area contributed by atoms with Crippen LogP contribution in [0, 0.1) is 0 Å². The van der Waals surface area contributed by atoms with E-state index in [2.05, 4.69) is 6.58 Å². The lowest BCUT2D eigenvalue weighted by molar-refractivity contribution is 0.761. The van der Waals surface area contributed by atoms with E-state index in [1.165, 1.54) is 12.1 Å². The molecule has 2 N–H and O–H groups in total. The molecule has 0 aliphatic rings. The van der Waals surface area contributed by atoms with Crippen molar-refractivity contribution in [2.24, 2.45) is 5.73 Å². The largest absolute Gasteiger partial charge is 0.350 e. The Morgan fingerprint density at radius 2 is 2.08 bits per heavy atom. The molecule has 0 amide bonds. The summed E-state index contributed by atoms with van der Waals surface area (Å²) in [5.41, 5.74) is 6.34. The Balaban J connectivity index is 2.71. The molecule has 0 aromatic carbocycles. The highest BCUT2D eigenvalue weighted by Crippen LogP contribution is 1.92. The van der Waals surface area contributed by atoms with Crippen molar-refractivity contribution >= 4 is 0 Å². The summed E-state index contributed by atoms with van der Waals surface area (Å²) in [6.07, 6.45) is 3.45. The number of hydrogen-bond acceptors (Lipinski definition) is 2. The summed E-state index contributed by atoms with van der Waals surface area (Å²) in [4.78, 5) is 10.7. The molecule has 1 aromatic rings. The first-order valence-corrected chi connectivity index (χ1v) is 3.75. The fourth-order valence-electron chi connectivity index (χ4n) is 0.872. The topological polar surface area (TPSA) is 48.0 Å². The zero-order valence-corrected chi connectivity index (χ0v) is 6.86. The minimum Gasteiger partial charge on any atom is -0.350 e. The average molecular weight is 164 g/mol. The highest BCUT2D eigenvalue weighted by atomic mass is 16.1. The molecule has 3 heteroatoms. The van der Waals surface area contributed by atoms with Crippen molar-refractivity contribution in [1.82, 2.24) is 4.57 Å². The minimum absolute atomic E-state index is 0.0182. The van der Waals surface area contributed by atoms with Gasteiger partial charge in [0.1, 0.15) is 0 Å². The van der Waals surface area contributed by atoms with Crippen molar-refractivity contribution in [1.29, 1.82) is 0 Å². The average Bonchev–Trinajstić information content (AvgIpc) is 2.09. The lowest BCUT2D eigenvalue weighted by Gasteiger charge is -2.05. The van der Waals surface area contributed by atoms with Gasteiger partial charge in [0.25, 0.3) is 0 Å². The molecule has 0 atom stereocenters. The van der Waals surface area contributed by atoms with Gasteiger partial charge < -0.3 is 10.3 Å². The molecule has 0 unspecified atom stereocenters. The molecule has 64 valence electrons. The first-order chi connectivity index (χ1) is 5.72. The lowest BCUT2D eigenvalue weighted by Crippen LogP contribution is -2.10. The van der Waals surface area contributed by atoms with Crippen LogP contribution in [0.1, 0.15) is 0 Å². The molecular weight excluding hydrogens is 152 g/mol. The predicted octanol–water partition coefficient (Wildman–Crippen LogP) is 0.363. The Hall–Kier alpha value is -1.35. The quantitative estimate of drug-likeness (QED) is 0.656. The molecule has 3 nitrogen and oxygen atoms in total. The van der Waals surface area contributed by atoms with Crippen LogP contribution in [0.3, 0.4) is 0 Å². The van der Waals surface area contributed by atoms with E-state index in [-0.39, 0.29) is 5.43 Å². The summed E-state index contributed by atoms with van der Waals surface area (Å²) in [6.45, 7) is 4.92. The Bertz CT molecular complexity index is 307. The van der Waals surface area contributed by atoms with Gasteiger partial charge in [-0.3, -0.25) is 4.79 Å². The molecule has 1 heterocycles. The second kappa shape index (κ2) is 3.88. The monoisotopic (exact) mass is 164 g/mol. The third-order valence-electron chi connectivity index (χ3n) is 1.56. The highest BCUT2D eigenvalue weighted by Gasteiger charge is 1.91. The second-order valence-corrected chi connectivity index (χ2v) is 2.66. The zero-order chi connectivity index (χ0) is 8.97. The minimum atomic E-state index is 0.0182. The molecule has 0 radical (unpaired) electrons. The molecule has 0 fully saturated rings. The SMILES string of the molecule is C=C(CN)Cn1ccc(=O)cc1. The van der Waals surface area contributed by atoms with Gasteiger partial charge in [-0.15, -0.1) is 0 Å². The van der Waals surface area contributed by atoms with E-state index in [9.17, 15) is 4.79 Å². The first-order valence-electron chi connectivity index (χ1n) is 3.75. The van der Waals surface area contributed by atoms with Gasteiger partial charge in [-0.1, -0.05) is 6.58 Å². The third kappa shape index (κ3) is 2.36. The van der Waals surface area contributed by atoms with E-state index in [1.54, 1.807) is 12.4 Å². The smallest absolute Gasteiger partial charge is 0.181 e. The maximum atomic E-state index is 10.7. The standard InChI is InChI=1S/C9H12N2O/c1-8(6-10)7-11-4-2-9(12)3-5-11/h2-5H,1,6-7,10H2. The zero-order valence-electron chi connectivity index (χ0n) is 6.86. The molecule has 1 rings (SSSR count). The van der Waals surface area contributed by atoms with Crippen molar-refractivity contribution in [3.8, 4) is 0 Å². The van der Waals surface area contributed by atoms with Crippen LogP contribution in [0.2, 0.25) is 0 Å². The molecular formula is C9H12N2O. The van der Waals surface area contributed by atoms with E-state index in [0.29, 0.717) is 13.1 Å². The van der Waals surface area contributed by atoms with Gasteiger partial charge in [-0.2, -0.15) is 0 Å². The molecule has 0 saturated heterocycles. The summed E-state index contributed by atoms with van der Waals surface area (Å²) in [5, 5.41) is 0. The van der Waals surface area contributed by atoms with Crippen molar-refractivity contribution in [2.75, 3.05) is 6.54 Å². The Morgan fingerprint density at radius 3 is 2.58 bits per heavy atom. The number of aromatic nitrogens is 1. The summed E-state index contributed by atoms with van der Waals surface area (Å²) >= 11 is 0. The second-order valence-electron chi connectivity index (χ2n) is 2.66. The summed E-state index contributed by atoms with van der Waals surface area (Å²) in [7, 11) is 0. The summed E-state index contributed by atoms with van der Waals surface area (Å²) < 4.78 is 1.87. The van der Waals surface area contributed by atoms with Crippen LogP contribution in [0.15, 0.2) is 41.5 Å². The van der Waals surface area contributed by atoms with Crippen LogP contribution in [0.4, 0.5) is 0 Å². The van der Waals surface area contributed by atoms with Crippen molar-refractivity contribution in [3.63, 3.8) is 0 Å². The van der Waals surface area contributed by atoms with E-state index in [4.69, 9.17) is 5.73 Å². The first kappa shape index (κ1) is 8.74. The maximum Gasteiger partial charge on any atom is 0.181 e. The molecule has 1 aromatic heterocycles. The van der Waals surface area contributed by atoms with Crippen molar-refractivity contribution < 1.29 is 0 Å². The highest BCUT2D eigenvalue weighted by molar-refractivity contribution is 5.00. The number of nitrogens with two attached hydrogens (primary N) is 1. The van der Waals surface area contributed by atoms with Crippen molar-refractivity contribution in [2.45, 2.75) is 6.54 Å². The molecule has 12 heavy (non-hydrogen) atoms. The summed E-state index contributed by atoms with van der Waals surface area (Å²) in [6, 6.07) is 3.04. The van der Waals surface area contributed by atoms with Crippen LogP contribution < -0.4 is 11.2 Å². The molecule has 0 saturated carbocycles. The van der Waals surface area contributed by atoms with Crippen LogP contribution >= 0.6 is 0 Å². The molecule has 0 aliphatic carbocycles. The van der Waals surface area contributed by atoms with Gasteiger partial charge in [0.05, 0.1) is 0 Å². The van der Waals surface area contributed by atoms with Gasteiger partial charge in [-0.25, -0.2) is 0 Å². The van der Waals surface area contributed by atoms with Gasteiger partial charge >= 0.3 is 0 Å². The number of hydrogen-bond donors (Lipinski definition) is 1. The van der Waals surface area contributed by atoms with E-state index >= 15 is 0 Å². The van der Waals surface area contributed by atoms with Gasteiger partial charge in [0.15, 0.2) is 5.43 Å². The number of nitrogens with zero attached hydrogens (tertiary/aromatic N) is 1. The van der Waals surface area contributed by atoms with Gasteiger partial charge in [0, 0.05) is 37.6 Å². The van der Waals surface area contributed by atoms with E-state index < -0.39 is 0 Å². The lowest BCUT2D eigenvalue weighted by atomic mass is 10.3. The van der Waals surface area contributed by atoms with E-state index in [1.807, 2.05) is 4.57 Å². The molecule has 0 spiro atoms. The van der Waals surface area contributed by atoms with Crippen LogP contribution in [-0.4, -0.2) is 11.1 Å². The Morgan fingerprint density at radius 1 is 1.50 bits per heavy atom. The fourth-order valence-corrected chi connectivity index (χ4v) is 0.872. The van der Waals surface area contributed by atoms with Gasteiger partial charge in [0.2, 0.25) is 0 Å². The van der Waals surface area contributed by atoms with E-state index in [0.717, 1.165) is 5.57 Å². The van der Waals surface area contributed by atoms with Crippen LogP contribution in [0.5, 0.6) is 0 Å². The van der Waals surface area contributed by atoms with Crippen LogP contribution in [0.25, 0.3) is 0 Å². The Kier molecular flexibility index (Phi) is 2.82. The molecule has 0 bridgehead atoms. The van der Waals surface area contributed by atoms with Crippen molar-refractivity contribution in [3.05, 3.63) is 46.9 Å². The fraction of sp³-hybridized carbons (Fsp3) is 0.222. The predicted molar refractivity (Wildman–Crippen MR) is 48.9 cm³/mol. The normalized spacial score (nSPS) is 9.75. The Labute approximate surface area is 71.1 Å².